The summed E-state index contributed by atoms with van der Waals surface area (Å²) in [6, 6.07) is 11.2. The zero-order valence-corrected chi connectivity index (χ0v) is 12.8. The Morgan fingerprint density at radius 3 is 2.80 bits per heavy atom. The van der Waals surface area contributed by atoms with Gasteiger partial charge in [-0.1, -0.05) is 50.3 Å². The van der Waals surface area contributed by atoms with E-state index in [1.54, 1.807) is 0 Å². The third-order valence-corrected chi connectivity index (χ3v) is 4.07. The number of nitrogens with one attached hydrogen (secondary N) is 1. The molecule has 1 aromatic carbocycles. The van der Waals surface area contributed by atoms with Crippen LogP contribution in [0.3, 0.4) is 0 Å². The molecule has 0 radical (unpaired) electrons. The van der Waals surface area contributed by atoms with E-state index in [0.717, 1.165) is 13.1 Å². The molecule has 1 aliphatic rings. The van der Waals surface area contributed by atoms with Crippen LogP contribution in [0.4, 0.5) is 0 Å². The lowest BCUT2D eigenvalue weighted by Gasteiger charge is -2.26. The number of rotatable bonds is 8. The predicted octanol–water partition coefficient (Wildman–Crippen LogP) is 3.55. The Morgan fingerprint density at radius 1 is 1.35 bits per heavy atom. The zero-order valence-electron chi connectivity index (χ0n) is 12.8. The molecule has 0 amide bonds. The minimum atomic E-state index is 0.676. The molecule has 20 heavy (non-hydrogen) atoms. The van der Waals surface area contributed by atoms with Gasteiger partial charge in [-0.3, -0.25) is 4.90 Å². The number of nitrogens with zero attached hydrogens (tertiary/aromatic N) is 1. The molecule has 110 valence electrons. The third-order valence-electron chi connectivity index (χ3n) is 4.07. The maximum absolute atomic E-state index is 4.29. The van der Waals surface area contributed by atoms with Crippen LogP contribution < -0.4 is 5.32 Å². The van der Waals surface area contributed by atoms with Gasteiger partial charge in [0.1, 0.15) is 0 Å². The van der Waals surface area contributed by atoms with E-state index in [2.05, 4.69) is 54.1 Å². The zero-order chi connectivity index (χ0) is 14.2. The molecule has 2 rings (SSSR count). The average Bonchev–Trinajstić information content (AvgIpc) is 2.98. The summed E-state index contributed by atoms with van der Waals surface area (Å²) in [5.41, 5.74) is 2.51. The minimum absolute atomic E-state index is 0.676. The Balaban J connectivity index is 1.90. The molecule has 2 heteroatoms. The standard InChI is InChI=1S/C18H28N2/c1-3-4-13-20(15-18-11-8-12-19-18)14-16(2)17-9-6-5-7-10-17/h5-7,9-10,18-19H,2-4,8,11-15H2,1H3. The van der Waals surface area contributed by atoms with E-state index in [0.29, 0.717) is 6.04 Å². The van der Waals surface area contributed by atoms with E-state index in [-0.39, 0.29) is 0 Å². The molecule has 0 bridgehead atoms. The van der Waals surface area contributed by atoms with Crippen LogP contribution in [-0.4, -0.2) is 37.1 Å². The second kappa shape index (κ2) is 8.23. The highest BCUT2D eigenvalue weighted by Crippen LogP contribution is 2.15. The van der Waals surface area contributed by atoms with Crippen LogP contribution in [-0.2, 0) is 0 Å². The molecule has 0 spiro atoms. The summed E-state index contributed by atoms with van der Waals surface area (Å²) in [6.45, 7) is 11.1. The SMILES string of the molecule is C=C(CN(CCCC)CC1CCCN1)c1ccccc1. The van der Waals surface area contributed by atoms with Crippen molar-refractivity contribution in [2.24, 2.45) is 0 Å². The summed E-state index contributed by atoms with van der Waals surface area (Å²) in [7, 11) is 0. The van der Waals surface area contributed by atoms with E-state index in [1.165, 1.54) is 49.9 Å². The van der Waals surface area contributed by atoms with Gasteiger partial charge >= 0.3 is 0 Å². The van der Waals surface area contributed by atoms with Crippen molar-refractivity contribution in [3.05, 3.63) is 42.5 Å². The van der Waals surface area contributed by atoms with Crippen LogP contribution in [0.5, 0.6) is 0 Å². The number of hydrogen-bond acceptors (Lipinski definition) is 2. The van der Waals surface area contributed by atoms with Crippen LogP contribution in [0.25, 0.3) is 5.57 Å². The molecular formula is C18H28N2. The first kappa shape index (κ1) is 15.3. The van der Waals surface area contributed by atoms with Gasteiger partial charge in [-0.2, -0.15) is 0 Å². The van der Waals surface area contributed by atoms with Crippen molar-refractivity contribution in [3.63, 3.8) is 0 Å². The van der Waals surface area contributed by atoms with Crippen LogP contribution in [0.1, 0.15) is 38.2 Å². The lowest BCUT2D eigenvalue weighted by molar-refractivity contribution is 0.273. The van der Waals surface area contributed by atoms with Gasteiger partial charge < -0.3 is 5.32 Å². The fraction of sp³-hybridized carbons (Fsp3) is 0.556. The van der Waals surface area contributed by atoms with Crippen LogP contribution >= 0.6 is 0 Å². The van der Waals surface area contributed by atoms with Gasteiger partial charge in [0.05, 0.1) is 0 Å². The lowest BCUT2D eigenvalue weighted by atomic mass is 10.1. The molecule has 1 N–H and O–H groups in total. The maximum atomic E-state index is 4.29. The first-order valence-electron chi connectivity index (χ1n) is 7.98. The molecule has 1 atom stereocenters. The maximum Gasteiger partial charge on any atom is 0.0234 e. The molecule has 1 heterocycles. The number of unbranched alkanes of at least 4 members (excludes halogenated alkanes) is 1. The highest BCUT2D eigenvalue weighted by Gasteiger charge is 2.18. The van der Waals surface area contributed by atoms with Crippen molar-refractivity contribution in [1.29, 1.82) is 0 Å². The summed E-state index contributed by atoms with van der Waals surface area (Å²) >= 11 is 0. The molecule has 0 saturated carbocycles. The summed E-state index contributed by atoms with van der Waals surface area (Å²) in [6.07, 6.45) is 5.17. The number of benzene rings is 1. The molecule has 1 fully saturated rings. The predicted molar refractivity (Wildman–Crippen MR) is 87.8 cm³/mol. The summed E-state index contributed by atoms with van der Waals surface area (Å²) in [4.78, 5) is 2.57. The molecular weight excluding hydrogens is 244 g/mol. The van der Waals surface area contributed by atoms with Crippen LogP contribution in [0, 0.1) is 0 Å². The van der Waals surface area contributed by atoms with Gasteiger partial charge in [0.25, 0.3) is 0 Å². The highest BCUT2D eigenvalue weighted by atomic mass is 15.2. The quantitative estimate of drug-likeness (QED) is 0.778. The fourth-order valence-electron chi connectivity index (χ4n) is 2.88. The lowest BCUT2D eigenvalue weighted by Crippen LogP contribution is -2.38. The molecule has 1 aliphatic heterocycles. The van der Waals surface area contributed by atoms with E-state index in [4.69, 9.17) is 0 Å². The summed E-state index contributed by atoms with van der Waals surface area (Å²) in [5, 5.41) is 3.61. The average molecular weight is 272 g/mol. The minimum Gasteiger partial charge on any atom is -0.313 e. The van der Waals surface area contributed by atoms with Crippen molar-refractivity contribution in [2.75, 3.05) is 26.2 Å². The summed E-state index contributed by atoms with van der Waals surface area (Å²) in [5.74, 6) is 0. The summed E-state index contributed by atoms with van der Waals surface area (Å²) < 4.78 is 0. The van der Waals surface area contributed by atoms with E-state index < -0.39 is 0 Å². The smallest absolute Gasteiger partial charge is 0.0234 e. The van der Waals surface area contributed by atoms with Gasteiger partial charge in [0.15, 0.2) is 0 Å². The Bertz CT molecular complexity index is 393. The molecule has 1 saturated heterocycles. The third kappa shape index (κ3) is 4.77. The molecule has 2 nitrogen and oxygen atoms in total. The van der Waals surface area contributed by atoms with Gasteiger partial charge in [0.2, 0.25) is 0 Å². The monoisotopic (exact) mass is 272 g/mol. The fourth-order valence-corrected chi connectivity index (χ4v) is 2.88. The van der Waals surface area contributed by atoms with Gasteiger partial charge in [-0.15, -0.1) is 0 Å². The largest absolute Gasteiger partial charge is 0.313 e. The van der Waals surface area contributed by atoms with Crippen molar-refractivity contribution in [2.45, 2.75) is 38.6 Å². The Labute approximate surface area is 123 Å². The van der Waals surface area contributed by atoms with E-state index in [9.17, 15) is 0 Å². The molecule has 1 unspecified atom stereocenters. The first-order valence-corrected chi connectivity index (χ1v) is 7.98. The molecule has 0 aliphatic carbocycles. The van der Waals surface area contributed by atoms with Gasteiger partial charge in [-0.05, 0) is 43.5 Å². The Hall–Kier alpha value is -1.12. The van der Waals surface area contributed by atoms with Gasteiger partial charge in [-0.25, -0.2) is 0 Å². The Morgan fingerprint density at radius 2 is 2.15 bits per heavy atom. The first-order chi connectivity index (χ1) is 9.79. The van der Waals surface area contributed by atoms with Gasteiger partial charge in [0, 0.05) is 19.1 Å². The van der Waals surface area contributed by atoms with Crippen molar-refractivity contribution in [3.8, 4) is 0 Å². The van der Waals surface area contributed by atoms with Crippen molar-refractivity contribution in [1.82, 2.24) is 10.2 Å². The normalized spacial score (nSPS) is 18.6. The van der Waals surface area contributed by atoms with Crippen molar-refractivity contribution < 1.29 is 0 Å². The Kier molecular flexibility index (Phi) is 6.28. The van der Waals surface area contributed by atoms with Crippen LogP contribution in [0.2, 0.25) is 0 Å². The second-order valence-corrected chi connectivity index (χ2v) is 5.85. The topological polar surface area (TPSA) is 15.3 Å². The number of hydrogen-bond donors (Lipinski definition) is 1. The molecule has 1 aromatic rings. The highest BCUT2D eigenvalue weighted by molar-refractivity contribution is 5.64. The van der Waals surface area contributed by atoms with E-state index >= 15 is 0 Å². The second-order valence-electron chi connectivity index (χ2n) is 5.85. The molecule has 0 aromatic heterocycles. The van der Waals surface area contributed by atoms with E-state index in [1.807, 2.05) is 0 Å². The van der Waals surface area contributed by atoms with Crippen molar-refractivity contribution >= 4 is 5.57 Å². The van der Waals surface area contributed by atoms with Crippen LogP contribution in [0.15, 0.2) is 36.9 Å².